The second-order valence-corrected chi connectivity index (χ2v) is 3.97. The molecule has 0 amide bonds. The molecule has 104 valence electrons. The van der Waals surface area contributed by atoms with Gasteiger partial charge in [-0.05, 0) is 13.0 Å². The van der Waals surface area contributed by atoms with Crippen molar-refractivity contribution in [3.8, 4) is 5.75 Å². The van der Waals surface area contributed by atoms with E-state index in [0.717, 1.165) is 0 Å². The number of aromatic nitrogens is 2. The third-order valence-electron chi connectivity index (χ3n) is 2.47. The maximum Gasteiger partial charge on any atom is 0.310 e. The standard InChI is InChI=1S/C12H13N5O3/c1-8-6-11(16-13)15-12(14-8)7-20-10-5-3-2-4-9(10)17(18)19/h2-6H,7,13H2,1H3,(H,14,15,16). The van der Waals surface area contributed by atoms with Crippen molar-refractivity contribution < 1.29 is 9.66 Å². The molecule has 2 aromatic rings. The molecule has 3 N–H and O–H groups in total. The van der Waals surface area contributed by atoms with Crippen molar-refractivity contribution in [2.45, 2.75) is 13.5 Å². The van der Waals surface area contributed by atoms with Crippen molar-refractivity contribution in [1.29, 1.82) is 0 Å². The van der Waals surface area contributed by atoms with Crippen LogP contribution in [0.4, 0.5) is 11.5 Å². The zero-order valence-electron chi connectivity index (χ0n) is 10.7. The van der Waals surface area contributed by atoms with Gasteiger partial charge in [-0.1, -0.05) is 12.1 Å². The first-order chi connectivity index (χ1) is 9.60. The molecule has 8 nitrogen and oxygen atoms in total. The third-order valence-corrected chi connectivity index (χ3v) is 2.47. The fourth-order valence-electron chi connectivity index (χ4n) is 1.64. The van der Waals surface area contributed by atoms with Gasteiger partial charge in [-0.15, -0.1) is 0 Å². The number of hydrogen-bond acceptors (Lipinski definition) is 7. The Hall–Kier alpha value is -2.74. The molecular weight excluding hydrogens is 262 g/mol. The van der Waals surface area contributed by atoms with E-state index in [1.165, 1.54) is 12.1 Å². The highest BCUT2D eigenvalue weighted by Gasteiger charge is 2.14. The first kappa shape index (κ1) is 13.7. The van der Waals surface area contributed by atoms with Gasteiger partial charge in [0.25, 0.3) is 0 Å². The lowest BCUT2D eigenvalue weighted by atomic mass is 10.3. The Morgan fingerprint density at radius 1 is 1.40 bits per heavy atom. The largest absolute Gasteiger partial charge is 0.479 e. The van der Waals surface area contributed by atoms with Gasteiger partial charge < -0.3 is 10.2 Å². The summed E-state index contributed by atoms with van der Waals surface area (Å²) in [6, 6.07) is 7.81. The minimum absolute atomic E-state index is 0.0151. The highest BCUT2D eigenvalue weighted by molar-refractivity contribution is 5.45. The van der Waals surface area contributed by atoms with Gasteiger partial charge in [-0.3, -0.25) is 10.1 Å². The minimum atomic E-state index is -0.501. The Morgan fingerprint density at radius 3 is 2.85 bits per heavy atom. The summed E-state index contributed by atoms with van der Waals surface area (Å²) in [6.07, 6.45) is 0. The Labute approximate surface area is 114 Å². The van der Waals surface area contributed by atoms with Gasteiger partial charge in [0.05, 0.1) is 4.92 Å². The number of nitro groups is 1. The molecule has 0 aliphatic carbocycles. The normalized spacial score (nSPS) is 10.1. The molecule has 0 unspecified atom stereocenters. The van der Waals surface area contributed by atoms with Crippen LogP contribution in [0.3, 0.4) is 0 Å². The number of benzene rings is 1. The van der Waals surface area contributed by atoms with Crippen LogP contribution in [0.25, 0.3) is 0 Å². The molecule has 0 saturated carbocycles. The smallest absolute Gasteiger partial charge is 0.310 e. The third kappa shape index (κ3) is 3.18. The average molecular weight is 275 g/mol. The molecule has 0 aliphatic rings. The molecule has 0 saturated heterocycles. The van der Waals surface area contributed by atoms with Crippen LogP contribution >= 0.6 is 0 Å². The van der Waals surface area contributed by atoms with E-state index < -0.39 is 4.92 Å². The Bertz CT molecular complexity index is 632. The second kappa shape index (κ2) is 5.93. The van der Waals surface area contributed by atoms with E-state index in [0.29, 0.717) is 17.3 Å². The molecule has 8 heteroatoms. The molecule has 1 heterocycles. The van der Waals surface area contributed by atoms with Crippen molar-refractivity contribution in [3.63, 3.8) is 0 Å². The number of rotatable bonds is 5. The van der Waals surface area contributed by atoms with Crippen molar-refractivity contribution in [2.24, 2.45) is 5.84 Å². The number of nitrogen functional groups attached to an aromatic ring is 1. The molecule has 0 radical (unpaired) electrons. The number of para-hydroxylation sites is 2. The fraction of sp³-hybridized carbons (Fsp3) is 0.167. The SMILES string of the molecule is Cc1cc(NN)nc(COc2ccccc2[N+](=O)[O-])n1. The summed E-state index contributed by atoms with van der Waals surface area (Å²) in [5.74, 6) is 6.30. The van der Waals surface area contributed by atoms with Crippen LogP contribution in [0.5, 0.6) is 5.75 Å². The quantitative estimate of drug-likeness (QED) is 0.483. The molecule has 0 fully saturated rings. The van der Waals surface area contributed by atoms with Gasteiger partial charge in [0, 0.05) is 17.8 Å². The maximum absolute atomic E-state index is 10.9. The number of nitrogens with zero attached hydrogens (tertiary/aromatic N) is 3. The average Bonchev–Trinajstić information content (AvgIpc) is 2.44. The molecule has 0 aliphatic heterocycles. The topological polar surface area (TPSA) is 116 Å². The first-order valence-corrected chi connectivity index (χ1v) is 5.77. The van der Waals surface area contributed by atoms with Crippen LogP contribution in [0, 0.1) is 17.0 Å². The molecule has 1 aromatic heterocycles. The second-order valence-electron chi connectivity index (χ2n) is 3.97. The fourth-order valence-corrected chi connectivity index (χ4v) is 1.64. The van der Waals surface area contributed by atoms with E-state index in [4.69, 9.17) is 10.6 Å². The van der Waals surface area contributed by atoms with Gasteiger partial charge in [0.2, 0.25) is 0 Å². The van der Waals surface area contributed by atoms with Gasteiger partial charge in [0.15, 0.2) is 11.6 Å². The molecule has 1 aromatic carbocycles. The Balaban J connectivity index is 2.17. The van der Waals surface area contributed by atoms with E-state index in [-0.39, 0.29) is 18.0 Å². The lowest BCUT2D eigenvalue weighted by molar-refractivity contribution is -0.385. The van der Waals surface area contributed by atoms with Gasteiger partial charge in [0.1, 0.15) is 12.4 Å². The van der Waals surface area contributed by atoms with E-state index >= 15 is 0 Å². The summed E-state index contributed by atoms with van der Waals surface area (Å²) in [5.41, 5.74) is 3.04. The van der Waals surface area contributed by atoms with Crippen LogP contribution in [-0.4, -0.2) is 14.9 Å². The van der Waals surface area contributed by atoms with E-state index in [1.807, 2.05) is 0 Å². The highest BCUT2D eigenvalue weighted by atomic mass is 16.6. The lowest BCUT2D eigenvalue weighted by Gasteiger charge is -2.07. The van der Waals surface area contributed by atoms with Crippen LogP contribution < -0.4 is 16.0 Å². The number of nitrogens with one attached hydrogen (secondary N) is 1. The highest BCUT2D eigenvalue weighted by Crippen LogP contribution is 2.26. The molecule has 20 heavy (non-hydrogen) atoms. The first-order valence-electron chi connectivity index (χ1n) is 5.77. The number of aryl methyl sites for hydroxylation is 1. The van der Waals surface area contributed by atoms with Crippen LogP contribution in [0.2, 0.25) is 0 Å². The zero-order valence-corrected chi connectivity index (χ0v) is 10.7. The molecular formula is C12H13N5O3. The van der Waals surface area contributed by atoms with Crippen molar-refractivity contribution in [2.75, 3.05) is 5.43 Å². The number of nitro benzene ring substituents is 1. The zero-order chi connectivity index (χ0) is 14.5. The van der Waals surface area contributed by atoms with E-state index in [9.17, 15) is 10.1 Å². The summed E-state index contributed by atoms with van der Waals surface area (Å²) >= 11 is 0. The molecule has 0 bridgehead atoms. The van der Waals surface area contributed by atoms with Gasteiger partial charge >= 0.3 is 5.69 Å². The predicted octanol–water partition coefficient (Wildman–Crippen LogP) is 1.56. The number of ether oxygens (including phenoxy) is 1. The number of nitrogens with two attached hydrogens (primary N) is 1. The van der Waals surface area contributed by atoms with Crippen molar-refractivity contribution >= 4 is 11.5 Å². The molecule has 0 spiro atoms. The van der Waals surface area contributed by atoms with E-state index in [2.05, 4.69) is 15.4 Å². The van der Waals surface area contributed by atoms with Gasteiger partial charge in [-0.2, -0.15) is 0 Å². The van der Waals surface area contributed by atoms with Gasteiger partial charge in [-0.25, -0.2) is 15.8 Å². The Kier molecular flexibility index (Phi) is 4.06. The monoisotopic (exact) mass is 275 g/mol. The summed E-state index contributed by atoms with van der Waals surface area (Å²) in [6.45, 7) is 1.80. The maximum atomic E-state index is 10.9. The number of hydrogen-bond donors (Lipinski definition) is 2. The molecule has 0 atom stereocenters. The van der Waals surface area contributed by atoms with Crippen LogP contribution in [-0.2, 0) is 6.61 Å². The summed E-state index contributed by atoms with van der Waals surface area (Å²) in [7, 11) is 0. The van der Waals surface area contributed by atoms with Crippen LogP contribution in [0.15, 0.2) is 30.3 Å². The molecule has 2 rings (SSSR count). The van der Waals surface area contributed by atoms with Crippen LogP contribution in [0.1, 0.15) is 11.5 Å². The van der Waals surface area contributed by atoms with Crippen molar-refractivity contribution in [3.05, 3.63) is 52.0 Å². The predicted molar refractivity (Wildman–Crippen MR) is 72.0 cm³/mol. The summed E-state index contributed by atoms with van der Waals surface area (Å²) < 4.78 is 5.40. The Morgan fingerprint density at radius 2 is 2.15 bits per heavy atom. The summed E-state index contributed by atoms with van der Waals surface area (Å²) in [5, 5.41) is 10.9. The van der Waals surface area contributed by atoms with Crippen molar-refractivity contribution in [1.82, 2.24) is 9.97 Å². The lowest BCUT2D eigenvalue weighted by Crippen LogP contribution is -2.12. The van der Waals surface area contributed by atoms with E-state index in [1.54, 1.807) is 25.1 Å². The minimum Gasteiger partial charge on any atom is -0.479 e. The summed E-state index contributed by atoms with van der Waals surface area (Å²) in [4.78, 5) is 18.6. The number of anilines is 1. The number of hydrazine groups is 1.